The molecule has 1 fully saturated rings. The minimum Gasteiger partial charge on any atom is -0.394 e. The number of aliphatic hydroxyl groups is 1. The quantitative estimate of drug-likeness (QED) is 0.770. The van der Waals surface area contributed by atoms with Crippen molar-refractivity contribution in [1.29, 1.82) is 0 Å². The first-order valence-electron chi connectivity index (χ1n) is 6.35. The first-order valence-corrected chi connectivity index (χ1v) is 6.35. The summed E-state index contributed by atoms with van der Waals surface area (Å²) in [6.07, 6.45) is 5.20. The number of nitrogens with zero attached hydrogens (tertiary/aromatic N) is 1. The highest BCUT2D eigenvalue weighted by atomic mass is 16.3. The average molecular weight is 228 g/mol. The zero-order valence-corrected chi connectivity index (χ0v) is 10.5. The van der Waals surface area contributed by atoms with Gasteiger partial charge in [0.2, 0.25) is 0 Å². The number of aliphatic hydroxyl groups excluding tert-OH is 1. The lowest BCUT2D eigenvalue weighted by atomic mass is 9.82. The number of amides is 2. The summed E-state index contributed by atoms with van der Waals surface area (Å²) in [5.41, 5.74) is -0.363. The fraction of sp³-hybridized carbons (Fsp3) is 0.917. The highest BCUT2D eigenvalue weighted by molar-refractivity contribution is 5.75. The zero-order valence-electron chi connectivity index (χ0n) is 10.5. The van der Waals surface area contributed by atoms with Gasteiger partial charge in [-0.2, -0.15) is 0 Å². The maximum atomic E-state index is 11.9. The number of rotatable bonds is 4. The molecule has 0 aromatic heterocycles. The minimum absolute atomic E-state index is 0.0408. The van der Waals surface area contributed by atoms with Crippen LogP contribution in [0.25, 0.3) is 0 Å². The van der Waals surface area contributed by atoms with E-state index in [1.54, 1.807) is 4.90 Å². The van der Waals surface area contributed by atoms with Gasteiger partial charge < -0.3 is 15.3 Å². The van der Waals surface area contributed by atoms with E-state index >= 15 is 0 Å². The fourth-order valence-electron chi connectivity index (χ4n) is 2.37. The molecule has 2 N–H and O–H groups in total. The fourth-order valence-corrected chi connectivity index (χ4v) is 2.37. The SMILES string of the molecule is CCN(CC)C(=O)NC1(CO)CCCCC1. The van der Waals surface area contributed by atoms with E-state index in [4.69, 9.17) is 0 Å². The molecule has 0 saturated heterocycles. The summed E-state index contributed by atoms with van der Waals surface area (Å²) in [4.78, 5) is 13.7. The van der Waals surface area contributed by atoms with Gasteiger partial charge in [-0.15, -0.1) is 0 Å². The summed E-state index contributed by atoms with van der Waals surface area (Å²) in [5.74, 6) is 0. The summed E-state index contributed by atoms with van der Waals surface area (Å²) in [7, 11) is 0. The van der Waals surface area contributed by atoms with E-state index in [1.807, 2.05) is 13.8 Å². The Kier molecular flexibility index (Phi) is 5.06. The monoisotopic (exact) mass is 228 g/mol. The molecular weight excluding hydrogens is 204 g/mol. The van der Waals surface area contributed by atoms with Gasteiger partial charge in [-0.25, -0.2) is 4.79 Å². The largest absolute Gasteiger partial charge is 0.394 e. The van der Waals surface area contributed by atoms with E-state index in [0.717, 1.165) is 25.7 Å². The second-order valence-corrected chi connectivity index (χ2v) is 4.60. The lowest BCUT2D eigenvalue weighted by molar-refractivity contribution is 0.115. The molecule has 16 heavy (non-hydrogen) atoms. The van der Waals surface area contributed by atoms with E-state index in [1.165, 1.54) is 6.42 Å². The Balaban J connectivity index is 2.57. The Morgan fingerprint density at radius 3 is 2.25 bits per heavy atom. The van der Waals surface area contributed by atoms with Crippen LogP contribution >= 0.6 is 0 Å². The molecule has 1 aliphatic carbocycles. The minimum atomic E-state index is -0.363. The normalized spacial score (nSPS) is 19.2. The Morgan fingerprint density at radius 2 is 1.81 bits per heavy atom. The van der Waals surface area contributed by atoms with Crippen LogP contribution in [0.15, 0.2) is 0 Å². The van der Waals surface area contributed by atoms with Crippen molar-refractivity contribution in [2.24, 2.45) is 0 Å². The highest BCUT2D eigenvalue weighted by Crippen LogP contribution is 2.27. The molecule has 1 rings (SSSR count). The van der Waals surface area contributed by atoms with Gasteiger partial charge in [0.1, 0.15) is 0 Å². The van der Waals surface area contributed by atoms with Crippen LogP contribution in [0.4, 0.5) is 4.79 Å². The van der Waals surface area contributed by atoms with Crippen LogP contribution in [0.2, 0.25) is 0 Å². The van der Waals surface area contributed by atoms with Crippen LogP contribution in [0.3, 0.4) is 0 Å². The molecule has 0 unspecified atom stereocenters. The summed E-state index contributed by atoms with van der Waals surface area (Å²) >= 11 is 0. The average Bonchev–Trinajstić information content (AvgIpc) is 2.32. The maximum Gasteiger partial charge on any atom is 0.317 e. The van der Waals surface area contributed by atoms with Crippen LogP contribution in [0.5, 0.6) is 0 Å². The Bertz CT molecular complexity index is 221. The van der Waals surface area contributed by atoms with Crippen molar-refractivity contribution >= 4 is 6.03 Å². The molecule has 4 nitrogen and oxygen atoms in total. The summed E-state index contributed by atoms with van der Waals surface area (Å²) in [5, 5.41) is 12.5. The number of hydrogen-bond acceptors (Lipinski definition) is 2. The molecular formula is C12H24N2O2. The topological polar surface area (TPSA) is 52.6 Å². The van der Waals surface area contributed by atoms with Crippen molar-refractivity contribution in [3.63, 3.8) is 0 Å². The highest BCUT2D eigenvalue weighted by Gasteiger charge is 2.33. The van der Waals surface area contributed by atoms with E-state index in [0.29, 0.717) is 13.1 Å². The predicted molar refractivity (Wildman–Crippen MR) is 64.4 cm³/mol. The molecule has 1 aliphatic rings. The van der Waals surface area contributed by atoms with Gasteiger partial charge in [0.15, 0.2) is 0 Å². The molecule has 0 bridgehead atoms. The third-order valence-corrected chi connectivity index (χ3v) is 3.54. The van der Waals surface area contributed by atoms with Gasteiger partial charge in [-0.3, -0.25) is 0 Å². The number of carbonyl (C=O) groups excluding carboxylic acids is 1. The van der Waals surface area contributed by atoms with Crippen LogP contribution in [-0.4, -0.2) is 41.3 Å². The van der Waals surface area contributed by atoms with Crippen molar-refractivity contribution in [1.82, 2.24) is 10.2 Å². The third-order valence-electron chi connectivity index (χ3n) is 3.54. The number of urea groups is 1. The molecule has 4 heteroatoms. The molecule has 0 atom stereocenters. The smallest absolute Gasteiger partial charge is 0.317 e. The molecule has 2 amide bonds. The van der Waals surface area contributed by atoms with Crippen molar-refractivity contribution in [3.8, 4) is 0 Å². The molecule has 0 radical (unpaired) electrons. The molecule has 0 aliphatic heterocycles. The summed E-state index contributed by atoms with van der Waals surface area (Å²) in [6, 6.07) is -0.0408. The van der Waals surface area contributed by atoms with Crippen LogP contribution in [-0.2, 0) is 0 Å². The van der Waals surface area contributed by atoms with Crippen molar-refractivity contribution in [2.45, 2.75) is 51.5 Å². The Hall–Kier alpha value is -0.770. The second-order valence-electron chi connectivity index (χ2n) is 4.60. The third kappa shape index (κ3) is 3.11. The Labute approximate surface area is 98.0 Å². The first-order chi connectivity index (χ1) is 7.67. The molecule has 1 saturated carbocycles. The first kappa shape index (κ1) is 13.3. The maximum absolute atomic E-state index is 11.9. The molecule has 0 aromatic rings. The summed E-state index contributed by atoms with van der Waals surface area (Å²) < 4.78 is 0. The van der Waals surface area contributed by atoms with E-state index in [-0.39, 0.29) is 18.2 Å². The van der Waals surface area contributed by atoms with Crippen LogP contribution in [0.1, 0.15) is 46.0 Å². The van der Waals surface area contributed by atoms with E-state index in [9.17, 15) is 9.90 Å². The number of carbonyl (C=O) groups is 1. The molecule has 94 valence electrons. The lowest BCUT2D eigenvalue weighted by Crippen LogP contribution is -2.56. The van der Waals surface area contributed by atoms with Crippen LogP contribution < -0.4 is 5.32 Å². The second kappa shape index (κ2) is 6.09. The number of hydrogen-bond donors (Lipinski definition) is 2. The van der Waals surface area contributed by atoms with Gasteiger partial charge in [-0.1, -0.05) is 19.3 Å². The number of nitrogens with one attached hydrogen (secondary N) is 1. The lowest BCUT2D eigenvalue weighted by Gasteiger charge is -2.38. The molecule has 0 heterocycles. The molecule has 0 aromatic carbocycles. The van der Waals surface area contributed by atoms with Gasteiger partial charge in [0, 0.05) is 13.1 Å². The van der Waals surface area contributed by atoms with Gasteiger partial charge >= 0.3 is 6.03 Å². The van der Waals surface area contributed by atoms with E-state index in [2.05, 4.69) is 5.32 Å². The standard InChI is InChI=1S/C12H24N2O2/c1-3-14(4-2)11(16)13-12(10-15)8-6-5-7-9-12/h15H,3-10H2,1-2H3,(H,13,16). The van der Waals surface area contributed by atoms with Crippen molar-refractivity contribution < 1.29 is 9.90 Å². The molecule has 0 spiro atoms. The van der Waals surface area contributed by atoms with Crippen molar-refractivity contribution in [3.05, 3.63) is 0 Å². The van der Waals surface area contributed by atoms with E-state index < -0.39 is 0 Å². The van der Waals surface area contributed by atoms with Crippen molar-refractivity contribution in [2.75, 3.05) is 19.7 Å². The zero-order chi connectivity index (χ0) is 12.0. The van der Waals surface area contributed by atoms with Gasteiger partial charge in [0.25, 0.3) is 0 Å². The summed E-state index contributed by atoms with van der Waals surface area (Å²) in [6.45, 7) is 5.42. The van der Waals surface area contributed by atoms with Gasteiger partial charge in [0.05, 0.1) is 12.1 Å². The van der Waals surface area contributed by atoms with Crippen LogP contribution in [0, 0.1) is 0 Å². The van der Waals surface area contributed by atoms with Gasteiger partial charge in [-0.05, 0) is 26.7 Å². The Morgan fingerprint density at radius 1 is 1.25 bits per heavy atom. The predicted octanol–water partition coefficient (Wildman–Crippen LogP) is 1.73.